The van der Waals surface area contributed by atoms with E-state index in [1.54, 1.807) is 0 Å². The number of pyridine rings is 1. The van der Waals surface area contributed by atoms with E-state index in [2.05, 4.69) is 89.0 Å². The Hall–Kier alpha value is -2.87. The number of aromatic nitrogens is 2. The number of hydrogen-bond acceptors (Lipinski definition) is 0. The standard InChI is InChI=1S/C23H21N2/c1-2-25-22-9-4-3-7-19(22)20-16-17(10-11-23(20)25)15-18-12-14-24-13-6-5-8-21(18)24/h3-11,13,15-16H,2,12,14H2,1H3/q+1. The first-order valence-corrected chi connectivity index (χ1v) is 9.05. The molecule has 4 aromatic rings. The summed E-state index contributed by atoms with van der Waals surface area (Å²) in [5, 5.41) is 2.70. The molecule has 5 rings (SSSR count). The van der Waals surface area contributed by atoms with Crippen LogP contribution in [0.4, 0.5) is 0 Å². The number of fused-ring (bicyclic) bond motifs is 4. The molecule has 25 heavy (non-hydrogen) atoms. The third-order valence-corrected chi connectivity index (χ3v) is 5.35. The van der Waals surface area contributed by atoms with E-state index in [0.717, 1.165) is 19.5 Å². The minimum absolute atomic E-state index is 0.995. The minimum atomic E-state index is 0.995. The average Bonchev–Trinajstić information content (AvgIpc) is 3.21. The van der Waals surface area contributed by atoms with Crippen LogP contribution in [0.1, 0.15) is 24.6 Å². The first-order chi connectivity index (χ1) is 12.3. The summed E-state index contributed by atoms with van der Waals surface area (Å²) in [5.74, 6) is 0. The maximum Gasteiger partial charge on any atom is 0.208 e. The van der Waals surface area contributed by atoms with Gasteiger partial charge in [0.15, 0.2) is 12.7 Å². The summed E-state index contributed by atoms with van der Waals surface area (Å²) in [6.07, 6.45) is 5.64. The highest BCUT2D eigenvalue weighted by molar-refractivity contribution is 6.08. The molecule has 1 aliphatic rings. The van der Waals surface area contributed by atoms with Crippen LogP contribution in [0.2, 0.25) is 0 Å². The summed E-state index contributed by atoms with van der Waals surface area (Å²) < 4.78 is 4.75. The Balaban J connectivity index is 1.69. The van der Waals surface area contributed by atoms with Crippen LogP contribution in [0, 0.1) is 0 Å². The van der Waals surface area contributed by atoms with Crippen molar-refractivity contribution in [2.75, 3.05) is 0 Å². The van der Waals surface area contributed by atoms with E-state index >= 15 is 0 Å². The van der Waals surface area contributed by atoms with Crippen LogP contribution in [0.15, 0.2) is 66.9 Å². The van der Waals surface area contributed by atoms with Gasteiger partial charge >= 0.3 is 0 Å². The van der Waals surface area contributed by atoms with Crippen molar-refractivity contribution in [2.24, 2.45) is 0 Å². The fourth-order valence-corrected chi connectivity index (χ4v) is 4.18. The van der Waals surface area contributed by atoms with Crippen molar-refractivity contribution in [1.29, 1.82) is 0 Å². The highest BCUT2D eigenvalue weighted by atomic mass is 15.0. The SMILES string of the molecule is CCn1c2ccccc2c2cc(/C=C3\CC[n+]4ccccc43)ccc21. The zero-order valence-corrected chi connectivity index (χ0v) is 14.4. The van der Waals surface area contributed by atoms with E-state index in [4.69, 9.17) is 0 Å². The molecule has 3 heterocycles. The lowest BCUT2D eigenvalue weighted by atomic mass is 10.0. The van der Waals surface area contributed by atoms with Crippen molar-refractivity contribution in [3.8, 4) is 0 Å². The molecule has 0 saturated carbocycles. The second-order valence-corrected chi connectivity index (χ2v) is 6.74. The molecule has 0 atom stereocenters. The van der Waals surface area contributed by atoms with Crippen LogP contribution >= 0.6 is 0 Å². The third-order valence-electron chi connectivity index (χ3n) is 5.35. The van der Waals surface area contributed by atoms with Crippen LogP contribution in [-0.4, -0.2) is 4.57 Å². The number of benzene rings is 2. The van der Waals surface area contributed by atoms with E-state index in [1.807, 2.05) is 0 Å². The van der Waals surface area contributed by atoms with Crippen molar-refractivity contribution < 1.29 is 4.57 Å². The summed E-state index contributed by atoms with van der Waals surface area (Å²) in [7, 11) is 0. The molecule has 0 aliphatic carbocycles. The molecule has 0 amide bonds. The molecule has 122 valence electrons. The lowest BCUT2D eigenvalue weighted by Gasteiger charge is -2.03. The molecule has 2 aromatic heterocycles. The maximum atomic E-state index is 2.41. The predicted molar refractivity (Wildman–Crippen MR) is 104 cm³/mol. The summed E-state index contributed by atoms with van der Waals surface area (Å²) in [5.41, 5.74) is 6.72. The molecular formula is C23H21N2+. The van der Waals surface area contributed by atoms with Crippen LogP contribution < -0.4 is 4.57 Å². The van der Waals surface area contributed by atoms with Crippen LogP contribution in [0.3, 0.4) is 0 Å². The molecule has 0 spiro atoms. The van der Waals surface area contributed by atoms with Gasteiger partial charge in [-0.05, 0) is 42.8 Å². The van der Waals surface area contributed by atoms with Gasteiger partial charge in [0.25, 0.3) is 0 Å². The van der Waals surface area contributed by atoms with Crippen molar-refractivity contribution in [2.45, 2.75) is 26.4 Å². The molecule has 2 aromatic carbocycles. The predicted octanol–water partition coefficient (Wildman–Crippen LogP) is 5.05. The molecular weight excluding hydrogens is 304 g/mol. The zero-order valence-electron chi connectivity index (χ0n) is 14.4. The topological polar surface area (TPSA) is 8.81 Å². The van der Waals surface area contributed by atoms with Crippen molar-refractivity contribution in [3.05, 3.63) is 78.1 Å². The van der Waals surface area contributed by atoms with E-state index < -0.39 is 0 Å². The monoisotopic (exact) mass is 325 g/mol. The van der Waals surface area contributed by atoms with Crippen molar-refractivity contribution >= 4 is 33.5 Å². The fraction of sp³-hybridized carbons (Fsp3) is 0.174. The number of hydrogen-bond donors (Lipinski definition) is 0. The van der Waals surface area contributed by atoms with E-state index in [-0.39, 0.29) is 0 Å². The van der Waals surface area contributed by atoms with E-state index in [0.29, 0.717) is 0 Å². The molecule has 2 heteroatoms. The Morgan fingerprint density at radius 1 is 0.960 bits per heavy atom. The second kappa shape index (κ2) is 5.59. The smallest absolute Gasteiger partial charge is 0.208 e. The van der Waals surface area contributed by atoms with Crippen molar-refractivity contribution in [3.63, 3.8) is 0 Å². The van der Waals surface area contributed by atoms with Gasteiger partial charge in [-0.2, -0.15) is 4.57 Å². The lowest BCUT2D eigenvalue weighted by Crippen LogP contribution is -2.31. The molecule has 0 unspecified atom stereocenters. The van der Waals surface area contributed by atoms with Crippen molar-refractivity contribution in [1.82, 2.24) is 4.57 Å². The number of rotatable bonds is 2. The van der Waals surface area contributed by atoms with Gasteiger partial charge in [0.1, 0.15) is 0 Å². The summed E-state index contributed by atoms with van der Waals surface area (Å²) in [4.78, 5) is 0. The molecule has 0 saturated heterocycles. The number of para-hydroxylation sites is 1. The second-order valence-electron chi connectivity index (χ2n) is 6.74. The molecule has 0 bridgehead atoms. The fourth-order valence-electron chi connectivity index (χ4n) is 4.18. The van der Waals surface area contributed by atoms with Crippen LogP contribution in [0.5, 0.6) is 0 Å². The Morgan fingerprint density at radius 3 is 2.72 bits per heavy atom. The van der Waals surface area contributed by atoms with Gasteiger partial charge in [0.2, 0.25) is 5.69 Å². The average molecular weight is 325 g/mol. The first kappa shape index (κ1) is 14.5. The molecule has 0 N–H and O–H groups in total. The molecule has 0 radical (unpaired) electrons. The number of allylic oxidation sites excluding steroid dienone is 1. The zero-order chi connectivity index (χ0) is 16.8. The Kier molecular flexibility index (Phi) is 3.24. The van der Waals surface area contributed by atoms with E-state index in [9.17, 15) is 0 Å². The van der Waals surface area contributed by atoms with E-state index in [1.165, 1.54) is 38.6 Å². The minimum Gasteiger partial charge on any atom is -0.341 e. The maximum absolute atomic E-state index is 2.41. The first-order valence-electron chi connectivity index (χ1n) is 9.05. The lowest BCUT2D eigenvalue weighted by molar-refractivity contribution is -0.689. The highest BCUT2D eigenvalue weighted by Crippen LogP contribution is 2.31. The largest absolute Gasteiger partial charge is 0.341 e. The third kappa shape index (κ3) is 2.21. The van der Waals surface area contributed by atoms with Gasteiger partial charge in [0, 0.05) is 52.5 Å². The quantitative estimate of drug-likeness (QED) is 0.456. The highest BCUT2D eigenvalue weighted by Gasteiger charge is 2.22. The molecule has 0 fully saturated rings. The van der Waals surface area contributed by atoms with Gasteiger partial charge in [-0.15, -0.1) is 0 Å². The van der Waals surface area contributed by atoms with Crippen LogP contribution in [-0.2, 0) is 13.1 Å². The summed E-state index contributed by atoms with van der Waals surface area (Å²) >= 11 is 0. The molecule has 2 nitrogen and oxygen atoms in total. The Morgan fingerprint density at radius 2 is 1.80 bits per heavy atom. The van der Waals surface area contributed by atoms with Gasteiger partial charge in [-0.1, -0.05) is 24.3 Å². The van der Waals surface area contributed by atoms with Crippen LogP contribution in [0.25, 0.3) is 33.5 Å². The number of aryl methyl sites for hydroxylation is 2. The van der Waals surface area contributed by atoms with Gasteiger partial charge in [-0.25, -0.2) is 0 Å². The normalized spacial score (nSPS) is 15.3. The van der Waals surface area contributed by atoms with Gasteiger partial charge in [-0.3, -0.25) is 0 Å². The number of nitrogens with zero attached hydrogens (tertiary/aromatic N) is 2. The summed E-state index contributed by atoms with van der Waals surface area (Å²) in [6, 6.07) is 22.1. The summed E-state index contributed by atoms with van der Waals surface area (Å²) in [6.45, 7) is 4.29. The Labute approximate surface area is 147 Å². The molecule has 1 aliphatic heterocycles. The van der Waals surface area contributed by atoms with Gasteiger partial charge in [0.05, 0.1) is 0 Å². The van der Waals surface area contributed by atoms with Gasteiger partial charge < -0.3 is 4.57 Å². The Bertz CT molecular complexity index is 1130.